The Morgan fingerprint density at radius 3 is 2.76 bits per heavy atom. The number of nitrogens with one attached hydrogen (secondary N) is 2. The lowest BCUT2D eigenvalue weighted by molar-refractivity contribution is -0.123. The van der Waals surface area contributed by atoms with E-state index >= 15 is 0 Å². The number of nitrogens with zero attached hydrogens (tertiary/aromatic N) is 1. The first-order valence-electron chi connectivity index (χ1n) is 8.35. The standard InChI is InChI=1S/C18H22BrN3O3/c1-18(2,3)8-15(23)20-11-7-14-16(24)21-13-5-4-10(19)6-12(13)17(25)22(14)9-11/h4-6,11,14H,7-9H2,1-3H3,(H,20,23)(H,21,24). The number of anilines is 1. The average Bonchev–Trinajstić information content (AvgIpc) is 2.86. The molecule has 2 N–H and O–H groups in total. The van der Waals surface area contributed by atoms with E-state index < -0.39 is 6.04 Å². The van der Waals surface area contributed by atoms with Gasteiger partial charge in [0.1, 0.15) is 6.04 Å². The Kier molecular flexibility index (Phi) is 4.62. The zero-order valence-electron chi connectivity index (χ0n) is 14.6. The molecule has 0 aromatic heterocycles. The first-order valence-corrected chi connectivity index (χ1v) is 9.14. The fraction of sp³-hybridized carbons (Fsp3) is 0.500. The smallest absolute Gasteiger partial charge is 0.256 e. The van der Waals surface area contributed by atoms with Gasteiger partial charge in [0.2, 0.25) is 11.8 Å². The normalized spacial score (nSPS) is 22.8. The van der Waals surface area contributed by atoms with Crippen LogP contribution in [0.2, 0.25) is 0 Å². The van der Waals surface area contributed by atoms with Crippen molar-refractivity contribution in [2.24, 2.45) is 5.41 Å². The molecule has 1 fully saturated rings. The Morgan fingerprint density at radius 2 is 2.08 bits per heavy atom. The van der Waals surface area contributed by atoms with Gasteiger partial charge in [-0.1, -0.05) is 36.7 Å². The van der Waals surface area contributed by atoms with E-state index in [1.807, 2.05) is 20.8 Å². The Labute approximate surface area is 155 Å². The molecule has 1 aromatic rings. The summed E-state index contributed by atoms with van der Waals surface area (Å²) in [6.45, 7) is 6.35. The highest BCUT2D eigenvalue weighted by atomic mass is 79.9. The molecule has 3 amide bonds. The molecule has 2 heterocycles. The number of carbonyl (C=O) groups is 3. The van der Waals surface area contributed by atoms with Gasteiger partial charge in [0.15, 0.2) is 0 Å². The average molecular weight is 408 g/mol. The highest BCUT2D eigenvalue weighted by molar-refractivity contribution is 9.10. The second-order valence-corrected chi connectivity index (χ2v) is 8.81. The molecular formula is C18H22BrN3O3. The summed E-state index contributed by atoms with van der Waals surface area (Å²) in [5.41, 5.74) is 0.888. The molecule has 7 heteroatoms. The number of hydrogen-bond donors (Lipinski definition) is 2. The molecule has 0 bridgehead atoms. The SMILES string of the molecule is CC(C)(C)CC(=O)NC1CC2C(=O)Nc3ccc(Br)cc3C(=O)N2C1. The van der Waals surface area contributed by atoms with Crippen molar-refractivity contribution in [3.8, 4) is 0 Å². The fourth-order valence-electron chi connectivity index (χ4n) is 3.35. The summed E-state index contributed by atoms with van der Waals surface area (Å²) in [7, 11) is 0. The van der Waals surface area contributed by atoms with Crippen LogP contribution in [0.15, 0.2) is 22.7 Å². The predicted octanol–water partition coefficient (Wildman–Crippen LogP) is 2.54. The monoisotopic (exact) mass is 407 g/mol. The first kappa shape index (κ1) is 17.9. The molecule has 0 aliphatic carbocycles. The van der Waals surface area contributed by atoms with Gasteiger partial charge in [0.05, 0.1) is 11.3 Å². The van der Waals surface area contributed by atoms with E-state index in [4.69, 9.17) is 0 Å². The molecule has 0 saturated carbocycles. The summed E-state index contributed by atoms with van der Waals surface area (Å²) in [5.74, 6) is -0.444. The Morgan fingerprint density at radius 1 is 1.36 bits per heavy atom. The quantitative estimate of drug-likeness (QED) is 0.790. The summed E-state index contributed by atoms with van der Waals surface area (Å²) in [4.78, 5) is 39.1. The maximum Gasteiger partial charge on any atom is 0.256 e. The predicted molar refractivity (Wildman–Crippen MR) is 98.2 cm³/mol. The minimum absolute atomic E-state index is 0.0499. The van der Waals surface area contributed by atoms with E-state index in [-0.39, 0.29) is 29.2 Å². The maximum atomic E-state index is 12.9. The number of amides is 3. The molecule has 2 aliphatic heterocycles. The van der Waals surface area contributed by atoms with Gasteiger partial charge in [-0.15, -0.1) is 0 Å². The third-order valence-corrected chi connectivity index (χ3v) is 4.88. The first-order chi connectivity index (χ1) is 11.6. The van der Waals surface area contributed by atoms with Gasteiger partial charge in [-0.25, -0.2) is 0 Å². The van der Waals surface area contributed by atoms with Crippen LogP contribution in [0.1, 0.15) is 44.0 Å². The van der Waals surface area contributed by atoms with E-state index in [0.29, 0.717) is 30.6 Å². The van der Waals surface area contributed by atoms with Crippen LogP contribution in [-0.4, -0.2) is 41.2 Å². The van der Waals surface area contributed by atoms with Crippen molar-refractivity contribution in [1.29, 1.82) is 0 Å². The third-order valence-electron chi connectivity index (χ3n) is 4.39. The van der Waals surface area contributed by atoms with E-state index in [0.717, 1.165) is 4.47 Å². The summed E-state index contributed by atoms with van der Waals surface area (Å²) >= 11 is 3.36. The zero-order valence-corrected chi connectivity index (χ0v) is 16.1. The highest BCUT2D eigenvalue weighted by Gasteiger charge is 2.43. The molecule has 3 rings (SSSR count). The van der Waals surface area contributed by atoms with Crippen LogP contribution in [0.4, 0.5) is 5.69 Å². The molecule has 1 saturated heterocycles. The van der Waals surface area contributed by atoms with E-state index in [1.54, 1.807) is 23.1 Å². The lowest BCUT2D eigenvalue weighted by Gasteiger charge is -2.21. The lowest BCUT2D eigenvalue weighted by Crippen LogP contribution is -2.41. The van der Waals surface area contributed by atoms with E-state index in [9.17, 15) is 14.4 Å². The molecule has 2 unspecified atom stereocenters. The molecule has 2 aliphatic rings. The maximum absolute atomic E-state index is 12.9. The molecule has 0 radical (unpaired) electrons. The third kappa shape index (κ3) is 3.86. The van der Waals surface area contributed by atoms with Crippen LogP contribution < -0.4 is 10.6 Å². The van der Waals surface area contributed by atoms with Crippen molar-refractivity contribution in [3.05, 3.63) is 28.2 Å². The van der Waals surface area contributed by atoms with Crippen LogP contribution >= 0.6 is 15.9 Å². The number of rotatable bonds is 2. The Balaban J connectivity index is 1.77. The summed E-state index contributed by atoms with van der Waals surface area (Å²) in [5, 5.41) is 5.80. The minimum atomic E-state index is -0.557. The van der Waals surface area contributed by atoms with Crippen LogP contribution in [0.5, 0.6) is 0 Å². The summed E-state index contributed by atoms with van der Waals surface area (Å²) in [6, 6.07) is 4.46. The van der Waals surface area contributed by atoms with Crippen LogP contribution in [0.3, 0.4) is 0 Å². The highest BCUT2D eigenvalue weighted by Crippen LogP contribution is 2.31. The second kappa shape index (κ2) is 6.44. The van der Waals surface area contributed by atoms with Crippen molar-refractivity contribution in [2.75, 3.05) is 11.9 Å². The molecule has 2 atom stereocenters. The van der Waals surface area contributed by atoms with Gasteiger partial charge in [0.25, 0.3) is 5.91 Å². The van der Waals surface area contributed by atoms with Crippen LogP contribution in [-0.2, 0) is 9.59 Å². The molecule has 0 spiro atoms. The van der Waals surface area contributed by atoms with Gasteiger partial charge in [-0.2, -0.15) is 0 Å². The number of carbonyl (C=O) groups excluding carboxylic acids is 3. The molecule has 6 nitrogen and oxygen atoms in total. The van der Waals surface area contributed by atoms with E-state index in [1.165, 1.54) is 0 Å². The van der Waals surface area contributed by atoms with Gasteiger partial charge in [-0.3, -0.25) is 14.4 Å². The molecule has 1 aromatic carbocycles. The van der Waals surface area contributed by atoms with Crippen molar-refractivity contribution < 1.29 is 14.4 Å². The molecule has 25 heavy (non-hydrogen) atoms. The Hall–Kier alpha value is -1.89. The van der Waals surface area contributed by atoms with Gasteiger partial charge in [-0.05, 0) is 30.0 Å². The number of benzene rings is 1. The van der Waals surface area contributed by atoms with Crippen LogP contribution in [0.25, 0.3) is 0 Å². The Bertz CT molecular complexity index is 742. The van der Waals surface area contributed by atoms with Gasteiger partial charge in [0, 0.05) is 23.5 Å². The molecule has 134 valence electrons. The van der Waals surface area contributed by atoms with Crippen LogP contribution in [0, 0.1) is 5.41 Å². The topological polar surface area (TPSA) is 78.5 Å². The van der Waals surface area contributed by atoms with Crippen molar-refractivity contribution in [3.63, 3.8) is 0 Å². The number of hydrogen-bond acceptors (Lipinski definition) is 3. The second-order valence-electron chi connectivity index (χ2n) is 7.89. The summed E-state index contributed by atoms with van der Waals surface area (Å²) < 4.78 is 0.779. The van der Waals surface area contributed by atoms with Gasteiger partial charge < -0.3 is 15.5 Å². The van der Waals surface area contributed by atoms with E-state index in [2.05, 4.69) is 26.6 Å². The largest absolute Gasteiger partial charge is 0.351 e. The van der Waals surface area contributed by atoms with Crippen molar-refractivity contribution >= 4 is 39.3 Å². The summed E-state index contributed by atoms with van der Waals surface area (Å²) in [6.07, 6.45) is 0.840. The number of fused-ring (bicyclic) bond motifs is 2. The minimum Gasteiger partial charge on any atom is -0.351 e. The van der Waals surface area contributed by atoms with Gasteiger partial charge >= 0.3 is 0 Å². The zero-order chi connectivity index (χ0) is 18.4. The van der Waals surface area contributed by atoms with Crippen molar-refractivity contribution in [2.45, 2.75) is 45.7 Å². The fourth-order valence-corrected chi connectivity index (χ4v) is 3.71. The molecular weight excluding hydrogens is 386 g/mol. The lowest BCUT2D eigenvalue weighted by atomic mass is 9.92. The van der Waals surface area contributed by atoms with Crippen molar-refractivity contribution in [1.82, 2.24) is 10.2 Å². The number of halogens is 1.